The summed E-state index contributed by atoms with van der Waals surface area (Å²) < 4.78 is 13.1. The Morgan fingerprint density at radius 1 is 1.60 bits per heavy atom. The van der Waals surface area contributed by atoms with Crippen LogP contribution in [-0.2, 0) is 0 Å². The first-order chi connectivity index (χ1) is 4.52. The van der Waals surface area contributed by atoms with Gasteiger partial charge in [0.05, 0.1) is 6.10 Å². The van der Waals surface area contributed by atoms with Crippen LogP contribution in [0.3, 0.4) is 0 Å². The molecular formula is C8H13FO. The molecule has 0 aromatic heterocycles. The molecule has 0 unspecified atom stereocenters. The van der Waals surface area contributed by atoms with Crippen LogP contribution in [0.5, 0.6) is 0 Å². The molecule has 2 atom stereocenters. The molecule has 1 rings (SSSR count). The zero-order valence-corrected chi connectivity index (χ0v) is 6.34. The molecule has 1 aliphatic rings. The lowest BCUT2D eigenvalue weighted by Gasteiger charge is -2.24. The van der Waals surface area contributed by atoms with Crippen molar-refractivity contribution in [2.24, 2.45) is 5.92 Å². The van der Waals surface area contributed by atoms with E-state index >= 15 is 0 Å². The van der Waals surface area contributed by atoms with Crippen molar-refractivity contribution >= 4 is 0 Å². The van der Waals surface area contributed by atoms with Crippen LogP contribution < -0.4 is 0 Å². The standard InChI is InChI=1S/C8H13FO/c1-8(2,9)6-4-3-5-7(6)10/h3-4,6-7,10H,5H2,1-2H3/t6-,7-/m0/s1. The molecule has 1 N–H and O–H groups in total. The Bertz CT molecular complexity index is 146. The van der Waals surface area contributed by atoms with E-state index in [4.69, 9.17) is 0 Å². The molecule has 0 aliphatic heterocycles. The van der Waals surface area contributed by atoms with Gasteiger partial charge >= 0.3 is 0 Å². The van der Waals surface area contributed by atoms with Gasteiger partial charge in [-0.05, 0) is 20.3 Å². The fraction of sp³-hybridized carbons (Fsp3) is 0.750. The van der Waals surface area contributed by atoms with E-state index in [1.54, 1.807) is 6.08 Å². The van der Waals surface area contributed by atoms with E-state index in [0.717, 1.165) is 0 Å². The van der Waals surface area contributed by atoms with E-state index < -0.39 is 11.8 Å². The van der Waals surface area contributed by atoms with Crippen molar-refractivity contribution in [2.45, 2.75) is 32.0 Å². The first kappa shape index (κ1) is 7.73. The van der Waals surface area contributed by atoms with Gasteiger partial charge in [-0.25, -0.2) is 4.39 Å². The molecular weight excluding hydrogens is 131 g/mol. The third kappa shape index (κ3) is 1.37. The molecule has 58 valence electrons. The van der Waals surface area contributed by atoms with Crippen LogP contribution in [0.15, 0.2) is 12.2 Å². The quantitative estimate of drug-likeness (QED) is 0.555. The Balaban J connectivity index is 2.64. The smallest absolute Gasteiger partial charge is 0.114 e. The summed E-state index contributed by atoms with van der Waals surface area (Å²) in [6, 6.07) is 0. The summed E-state index contributed by atoms with van der Waals surface area (Å²) in [4.78, 5) is 0. The summed E-state index contributed by atoms with van der Waals surface area (Å²) >= 11 is 0. The molecule has 0 saturated carbocycles. The van der Waals surface area contributed by atoms with Gasteiger partial charge in [-0.2, -0.15) is 0 Å². The van der Waals surface area contributed by atoms with Crippen molar-refractivity contribution in [1.29, 1.82) is 0 Å². The minimum atomic E-state index is -1.29. The highest BCUT2D eigenvalue weighted by Crippen LogP contribution is 2.31. The topological polar surface area (TPSA) is 20.2 Å². The summed E-state index contributed by atoms with van der Waals surface area (Å²) in [6.07, 6.45) is 3.67. The van der Waals surface area contributed by atoms with Crippen molar-refractivity contribution in [3.8, 4) is 0 Å². The van der Waals surface area contributed by atoms with Crippen molar-refractivity contribution in [2.75, 3.05) is 0 Å². The SMILES string of the molecule is CC(C)(F)[C@H]1C=CC[C@@H]1O. The Kier molecular flexibility index (Phi) is 1.82. The lowest BCUT2D eigenvalue weighted by atomic mass is 9.90. The molecule has 1 nitrogen and oxygen atoms in total. The second-order valence-electron chi connectivity index (χ2n) is 3.32. The maximum atomic E-state index is 13.1. The third-order valence-electron chi connectivity index (χ3n) is 1.93. The molecule has 10 heavy (non-hydrogen) atoms. The third-order valence-corrected chi connectivity index (χ3v) is 1.93. The van der Waals surface area contributed by atoms with Gasteiger partial charge in [0, 0.05) is 5.92 Å². The first-order valence-electron chi connectivity index (χ1n) is 3.55. The number of aliphatic hydroxyl groups is 1. The van der Waals surface area contributed by atoms with Gasteiger partial charge in [0.15, 0.2) is 0 Å². The maximum Gasteiger partial charge on any atom is 0.114 e. The van der Waals surface area contributed by atoms with E-state index in [2.05, 4.69) is 0 Å². The van der Waals surface area contributed by atoms with E-state index in [0.29, 0.717) is 6.42 Å². The van der Waals surface area contributed by atoms with Crippen LogP contribution in [0.25, 0.3) is 0 Å². The monoisotopic (exact) mass is 144 g/mol. The molecule has 0 heterocycles. The summed E-state index contributed by atoms with van der Waals surface area (Å²) in [5.41, 5.74) is -1.29. The van der Waals surface area contributed by atoms with Crippen molar-refractivity contribution in [1.82, 2.24) is 0 Å². The number of hydrogen-bond acceptors (Lipinski definition) is 1. The zero-order valence-electron chi connectivity index (χ0n) is 6.34. The Morgan fingerprint density at radius 3 is 2.40 bits per heavy atom. The van der Waals surface area contributed by atoms with Crippen LogP contribution in [-0.4, -0.2) is 16.9 Å². The van der Waals surface area contributed by atoms with Gasteiger partial charge in [-0.15, -0.1) is 0 Å². The Hall–Kier alpha value is -0.370. The number of halogens is 1. The molecule has 0 aromatic carbocycles. The van der Waals surface area contributed by atoms with Crippen molar-refractivity contribution in [3.05, 3.63) is 12.2 Å². The average Bonchev–Trinajstić information content (AvgIpc) is 2.11. The van der Waals surface area contributed by atoms with E-state index in [-0.39, 0.29) is 5.92 Å². The van der Waals surface area contributed by atoms with E-state index in [9.17, 15) is 9.50 Å². The van der Waals surface area contributed by atoms with Gasteiger partial charge in [0.2, 0.25) is 0 Å². The summed E-state index contributed by atoms with van der Waals surface area (Å²) in [7, 11) is 0. The highest BCUT2D eigenvalue weighted by molar-refractivity contribution is 5.07. The highest BCUT2D eigenvalue weighted by atomic mass is 19.1. The molecule has 0 bridgehead atoms. The fourth-order valence-electron chi connectivity index (χ4n) is 1.33. The van der Waals surface area contributed by atoms with Gasteiger partial charge < -0.3 is 5.11 Å². The summed E-state index contributed by atoms with van der Waals surface area (Å²) in [5, 5.41) is 9.22. The molecule has 0 amide bonds. The first-order valence-corrected chi connectivity index (χ1v) is 3.55. The van der Waals surface area contributed by atoms with Gasteiger partial charge in [-0.3, -0.25) is 0 Å². The largest absolute Gasteiger partial charge is 0.392 e. The van der Waals surface area contributed by atoms with Crippen LogP contribution in [0.1, 0.15) is 20.3 Å². The number of alkyl halides is 1. The lowest BCUT2D eigenvalue weighted by molar-refractivity contribution is 0.0475. The normalized spacial score (nSPS) is 33.2. The minimum Gasteiger partial charge on any atom is -0.392 e. The van der Waals surface area contributed by atoms with Crippen LogP contribution in [0.4, 0.5) is 4.39 Å². The van der Waals surface area contributed by atoms with Crippen LogP contribution >= 0.6 is 0 Å². The molecule has 0 saturated heterocycles. The highest BCUT2D eigenvalue weighted by Gasteiger charge is 2.34. The van der Waals surface area contributed by atoms with E-state index in [1.807, 2.05) is 6.08 Å². The molecule has 1 aliphatic carbocycles. The van der Waals surface area contributed by atoms with E-state index in [1.165, 1.54) is 13.8 Å². The maximum absolute atomic E-state index is 13.1. The second kappa shape index (κ2) is 2.35. The lowest BCUT2D eigenvalue weighted by Crippen LogP contribution is -2.31. The Labute approximate surface area is 60.6 Å². The van der Waals surface area contributed by atoms with Gasteiger partial charge in [-0.1, -0.05) is 12.2 Å². The zero-order chi connectivity index (χ0) is 7.78. The molecule has 2 heteroatoms. The number of rotatable bonds is 1. The van der Waals surface area contributed by atoms with Crippen molar-refractivity contribution < 1.29 is 9.50 Å². The predicted octanol–water partition coefficient (Wildman–Crippen LogP) is 1.67. The van der Waals surface area contributed by atoms with Gasteiger partial charge in [0.25, 0.3) is 0 Å². The summed E-state index contributed by atoms with van der Waals surface area (Å²) in [5.74, 6) is -0.313. The minimum absolute atomic E-state index is 0.313. The average molecular weight is 144 g/mol. The molecule has 0 aromatic rings. The number of hydrogen-bond donors (Lipinski definition) is 1. The van der Waals surface area contributed by atoms with Crippen LogP contribution in [0.2, 0.25) is 0 Å². The van der Waals surface area contributed by atoms with Gasteiger partial charge in [0.1, 0.15) is 5.67 Å². The summed E-state index contributed by atoms with van der Waals surface area (Å²) in [6.45, 7) is 2.99. The molecule has 0 radical (unpaired) electrons. The number of aliphatic hydroxyl groups excluding tert-OH is 1. The fourth-order valence-corrected chi connectivity index (χ4v) is 1.33. The molecule has 0 spiro atoms. The van der Waals surface area contributed by atoms with Crippen molar-refractivity contribution in [3.63, 3.8) is 0 Å². The predicted molar refractivity (Wildman–Crippen MR) is 38.4 cm³/mol. The Morgan fingerprint density at radius 2 is 2.20 bits per heavy atom. The second-order valence-corrected chi connectivity index (χ2v) is 3.32. The molecule has 0 fully saturated rings. The van der Waals surface area contributed by atoms with Crippen LogP contribution in [0, 0.1) is 5.92 Å².